The molecule has 1 aliphatic rings. The summed E-state index contributed by atoms with van der Waals surface area (Å²) in [6, 6.07) is 4.19. The summed E-state index contributed by atoms with van der Waals surface area (Å²) in [6.07, 6.45) is 0. The van der Waals surface area contributed by atoms with Crippen LogP contribution in [0.3, 0.4) is 0 Å². The van der Waals surface area contributed by atoms with Crippen molar-refractivity contribution in [2.75, 3.05) is 30.3 Å². The van der Waals surface area contributed by atoms with E-state index in [1.54, 1.807) is 11.3 Å². The largest absolute Gasteiger partial charge is 0.395 e. The molecule has 18 heavy (non-hydrogen) atoms. The van der Waals surface area contributed by atoms with Crippen LogP contribution in [0.1, 0.15) is 13.8 Å². The number of anilines is 2. The van der Waals surface area contributed by atoms with Crippen LogP contribution in [0.2, 0.25) is 0 Å². The van der Waals surface area contributed by atoms with Gasteiger partial charge in [0.2, 0.25) is 0 Å². The number of nitrogens with two attached hydrogens (primary N) is 1. The van der Waals surface area contributed by atoms with Crippen LogP contribution in [0, 0.1) is 0 Å². The molecule has 0 radical (unpaired) electrons. The Bertz CT molecular complexity index is 579. The Morgan fingerprint density at radius 3 is 3.06 bits per heavy atom. The minimum Gasteiger partial charge on any atom is -0.395 e. The molecule has 1 saturated heterocycles. The predicted molar refractivity (Wildman–Crippen MR) is 76.3 cm³/mol. The van der Waals surface area contributed by atoms with Crippen molar-refractivity contribution >= 4 is 32.9 Å². The lowest BCUT2D eigenvalue weighted by atomic mass is 10.1. The van der Waals surface area contributed by atoms with Crippen LogP contribution in [-0.4, -0.2) is 30.3 Å². The van der Waals surface area contributed by atoms with Crippen LogP contribution >= 0.6 is 11.3 Å². The number of nitrogen functional groups attached to an aromatic ring is 1. The van der Waals surface area contributed by atoms with Gasteiger partial charge in [-0.15, -0.1) is 11.3 Å². The molecular formula is C13H17N3OS. The number of fused-ring (bicyclic) bond motifs is 1. The summed E-state index contributed by atoms with van der Waals surface area (Å²) in [4.78, 5) is 6.63. The zero-order valence-corrected chi connectivity index (χ0v) is 11.5. The van der Waals surface area contributed by atoms with Crippen LogP contribution < -0.4 is 10.6 Å². The zero-order chi connectivity index (χ0) is 12.8. The highest BCUT2D eigenvalue weighted by atomic mass is 32.1. The van der Waals surface area contributed by atoms with Crippen LogP contribution in [0.5, 0.6) is 0 Å². The van der Waals surface area contributed by atoms with Crippen molar-refractivity contribution in [2.24, 2.45) is 0 Å². The summed E-state index contributed by atoms with van der Waals surface area (Å²) >= 11 is 1.62. The normalized spacial score (nSPS) is 19.3. The van der Waals surface area contributed by atoms with Gasteiger partial charge in [0.1, 0.15) is 5.52 Å². The highest BCUT2D eigenvalue weighted by Gasteiger charge is 2.28. The maximum atomic E-state index is 6.24. The van der Waals surface area contributed by atoms with Crippen molar-refractivity contribution in [3.63, 3.8) is 0 Å². The third-order valence-electron chi connectivity index (χ3n) is 3.28. The highest BCUT2D eigenvalue weighted by Crippen LogP contribution is 2.34. The van der Waals surface area contributed by atoms with Gasteiger partial charge in [-0.1, -0.05) is 0 Å². The lowest BCUT2D eigenvalue weighted by Gasteiger charge is -2.39. The molecule has 1 aliphatic heterocycles. The molecule has 4 nitrogen and oxygen atoms in total. The van der Waals surface area contributed by atoms with Crippen LogP contribution in [0.15, 0.2) is 17.6 Å². The molecule has 0 bridgehead atoms. The number of rotatable bonds is 1. The van der Waals surface area contributed by atoms with Crippen molar-refractivity contribution in [1.29, 1.82) is 0 Å². The maximum absolute atomic E-state index is 6.24. The van der Waals surface area contributed by atoms with Crippen LogP contribution in [0.25, 0.3) is 10.2 Å². The number of hydrogen-bond acceptors (Lipinski definition) is 5. The molecule has 0 amide bonds. The van der Waals surface area contributed by atoms with E-state index in [4.69, 9.17) is 10.5 Å². The summed E-state index contributed by atoms with van der Waals surface area (Å²) in [5.41, 5.74) is 10.7. The zero-order valence-electron chi connectivity index (χ0n) is 10.6. The fraction of sp³-hybridized carbons (Fsp3) is 0.462. The second-order valence-electron chi connectivity index (χ2n) is 5.23. The molecule has 1 aromatic heterocycles. The first kappa shape index (κ1) is 11.7. The van der Waals surface area contributed by atoms with E-state index in [0.29, 0.717) is 0 Å². The fourth-order valence-corrected chi connectivity index (χ4v) is 3.13. The lowest BCUT2D eigenvalue weighted by Crippen LogP contribution is -2.48. The number of benzene rings is 1. The smallest absolute Gasteiger partial charge is 0.106 e. The van der Waals surface area contributed by atoms with Gasteiger partial charge in [0.25, 0.3) is 0 Å². The molecule has 1 aromatic carbocycles. The Morgan fingerprint density at radius 2 is 2.28 bits per heavy atom. The molecule has 3 rings (SSSR count). The van der Waals surface area contributed by atoms with E-state index < -0.39 is 0 Å². The topological polar surface area (TPSA) is 51.4 Å². The Hall–Kier alpha value is -1.33. The third kappa shape index (κ3) is 1.93. The molecule has 0 atom stereocenters. The van der Waals surface area contributed by atoms with Crippen LogP contribution in [-0.2, 0) is 4.74 Å². The van der Waals surface area contributed by atoms with Gasteiger partial charge in [-0.2, -0.15) is 0 Å². The molecule has 1 fully saturated rings. The van der Waals surface area contributed by atoms with Crippen molar-refractivity contribution in [2.45, 2.75) is 19.4 Å². The number of morpholine rings is 1. The molecule has 0 aliphatic carbocycles. The van der Waals surface area contributed by atoms with E-state index in [2.05, 4.69) is 35.9 Å². The molecule has 96 valence electrons. The van der Waals surface area contributed by atoms with Gasteiger partial charge in [0.05, 0.1) is 33.8 Å². The average molecular weight is 263 g/mol. The van der Waals surface area contributed by atoms with Crippen molar-refractivity contribution < 1.29 is 4.74 Å². The fourth-order valence-electron chi connectivity index (χ4n) is 2.44. The van der Waals surface area contributed by atoms with E-state index in [1.165, 1.54) is 0 Å². The first-order chi connectivity index (χ1) is 8.57. The molecule has 0 spiro atoms. The van der Waals surface area contributed by atoms with Gasteiger partial charge in [0, 0.05) is 13.1 Å². The molecule has 0 saturated carbocycles. The van der Waals surface area contributed by atoms with Crippen molar-refractivity contribution in [3.8, 4) is 0 Å². The summed E-state index contributed by atoms with van der Waals surface area (Å²) in [5.74, 6) is 0. The van der Waals surface area contributed by atoms with E-state index in [0.717, 1.165) is 41.3 Å². The van der Waals surface area contributed by atoms with Gasteiger partial charge < -0.3 is 15.4 Å². The van der Waals surface area contributed by atoms with Gasteiger partial charge in [-0.05, 0) is 26.0 Å². The quantitative estimate of drug-likeness (QED) is 0.803. The Morgan fingerprint density at radius 1 is 1.44 bits per heavy atom. The second kappa shape index (κ2) is 4.10. The molecule has 2 aromatic rings. The first-order valence-corrected chi connectivity index (χ1v) is 6.95. The first-order valence-electron chi connectivity index (χ1n) is 6.07. The summed E-state index contributed by atoms with van der Waals surface area (Å²) in [6.45, 7) is 6.69. The minimum atomic E-state index is -0.123. The monoisotopic (exact) mass is 263 g/mol. The van der Waals surface area contributed by atoms with E-state index in [-0.39, 0.29) is 5.60 Å². The summed E-state index contributed by atoms with van der Waals surface area (Å²) in [7, 11) is 0. The van der Waals surface area contributed by atoms with Crippen molar-refractivity contribution in [3.05, 3.63) is 17.6 Å². The highest BCUT2D eigenvalue weighted by molar-refractivity contribution is 7.16. The predicted octanol–water partition coefficient (Wildman–Crippen LogP) is 2.49. The van der Waals surface area contributed by atoms with Crippen LogP contribution in [0.4, 0.5) is 11.4 Å². The number of thiazole rings is 1. The van der Waals surface area contributed by atoms with Crippen molar-refractivity contribution in [1.82, 2.24) is 4.98 Å². The van der Waals surface area contributed by atoms with Gasteiger partial charge >= 0.3 is 0 Å². The Kier molecular flexibility index (Phi) is 2.68. The standard InChI is InChI=1S/C13H17N3OS/c1-13(2)7-16(5-6-17-13)9-3-4-10-12(11(9)14)15-8-18-10/h3-4,8H,5-7,14H2,1-2H3. The second-order valence-corrected chi connectivity index (χ2v) is 6.11. The summed E-state index contributed by atoms with van der Waals surface area (Å²) in [5, 5.41) is 0. The third-order valence-corrected chi connectivity index (χ3v) is 4.08. The number of aromatic nitrogens is 1. The van der Waals surface area contributed by atoms with Gasteiger partial charge in [-0.3, -0.25) is 0 Å². The van der Waals surface area contributed by atoms with E-state index in [9.17, 15) is 0 Å². The number of nitrogens with zero attached hydrogens (tertiary/aromatic N) is 2. The SMILES string of the molecule is CC1(C)CN(c2ccc3scnc3c2N)CCO1. The molecule has 2 N–H and O–H groups in total. The van der Waals surface area contributed by atoms with Gasteiger partial charge in [0.15, 0.2) is 0 Å². The summed E-state index contributed by atoms with van der Waals surface area (Å²) < 4.78 is 6.88. The number of hydrogen-bond donors (Lipinski definition) is 1. The molecule has 0 unspecified atom stereocenters. The van der Waals surface area contributed by atoms with E-state index in [1.807, 2.05) is 5.51 Å². The minimum absolute atomic E-state index is 0.123. The number of ether oxygens (including phenoxy) is 1. The molecular weight excluding hydrogens is 246 g/mol. The average Bonchev–Trinajstić information content (AvgIpc) is 2.77. The Balaban J connectivity index is 2.01. The Labute approximate surface area is 110 Å². The van der Waals surface area contributed by atoms with Gasteiger partial charge in [-0.25, -0.2) is 4.98 Å². The molecule has 5 heteroatoms. The lowest BCUT2D eigenvalue weighted by molar-refractivity contribution is -0.0276. The maximum Gasteiger partial charge on any atom is 0.106 e. The molecule has 2 heterocycles. The van der Waals surface area contributed by atoms with E-state index >= 15 is 0 Å².